The van der Waals surface area contributed by atoms with E-state index in [1.807, 2.05) is 0 Å². The van der Waals surface area contributed by atoms with Gasteiger partial charge in [-0.3, -0.25) is 19.2 Å². The van der Waals surface area contributed by atoms with E-state index >= 15 is 0 Å². The third-order valence-electron chi connectivity index (χ3n) is 5.21. The van der Waals surface area contributed by atoms with Crippen LogP contribution in [0.4, 0.5) is 17.1 Å². The van der Waals surface area contributed by atoms with Gasteiger partial charge < -0.3 is 14.8 Å². The Morgan fingerprint density at radius 1 is 1.15 bits per heavy atom. The minimum absolute atomic E-state index is 0.0721. The van der Waals surface area contributed by atoms with Gasteiger partial charge in [0.2, 0.25) is 10.0 Å². The zero-order valence-electron chi connectivity index (χ0n) is 18.1. The number of hydrogen-bond donors (Lipinski definition) is 1. The number of sulfonamides is 1. The number of nitrogens with zero attached hydrogens (tertiary/aromatic N) is 2. The Morgan fingerprint density at radius 3 is 2.56 bits per heavy atom. The smallest absolute Gasteiger partial charge is 0.271 e. The van der Waals surface area contributed by atoms with Crippen LogP contribution in [0, 0.1) is 10.1 Å². The molecule has 34 heavy (non-hydrogen) atoms. The molecule has 0 saturated carbocycles. The number of hydrogen-bond acceptors (Lipinski definition) is 7. The van der Waals surface area contributed by atoms with Gasteiger partial charge in [0, 0.05) is 12.1 Å². The van der Waals surface area contributed by atoms with Crippen molar-refractivity contribution in [1.82, 2.24) is 0 Å². The summed E-state index contributed by atoms with van der Waals surface area (Å²) in [5.74, 6) is -0.483. The summed E-state index contributed by atoms with van der Waals surface area (Å²) in [6.07, 6.45) is -1.20. The van der Waals surface area contributed by atoms with Gasteiger partial charge in [-0.1, -0.05) is 42.5 Å². The van der Waals surface area contributed by atoms with Crippen LogP contribution in [0.2, 0.25) is 0 Å². The van der Waals surface area contributed by atoms with Gasteiger partial charge in [-0.2, -0.15) is 0 Å². The van der Waals surface area contributed by atoms with Crippen LogP contribution in [0.1, 0.15) is 5.56 Å². The van der Waals surface area contributed by atoms with Crippen molar-refractivity contribution in [2.75, 3.05) is 23.3 Å². The Labute approximate surface area is 195 Å². The second kappa shape index (κ2) is 9.40. The number of ether oxygens (including phenoxy) is 2. The van der Waals surface area contributed by atoms with Crippen LogP contribution in [0.5, 0.6) is 11.5 Å². The number of non-ortho nitro benzene ring substituents is 1. The highest BCUT2D eigenvalue weighted by Crippen LogP contribution is 2.36. The number of anilines is 2. The molecule has 1 atom stereocenters. The zero-order valence-corrected chi connectivity index (χ0v) is 18.9. The van der Waals surface area contributed by atoms with Crippen LogP contribution in [0.3, 0.4) is 0 Å². The van der Waals surface area contributed by atoms with Gasteiger partial charge in [0.1, 0.15) is 11.5 Å². The Kier molecular flexibility index (Phi) is 6.37. The van der Waals surface area contributed by atoms with Crippen molar-refractivity contribution in [3.8, 4) is 11.5 Å². The molecule has 0 fully saturated rings. The Morgan fingerprint density at radius 2 is 1.85 bits per heavy atom. The molecule has 3 aromatic carbocycles. The third-order valence-corrected chi connectivity index (χ3v) is 6.92. The molecular formula is C23H21N3O7S. The fourth-order valence-electron chi connectivity index (χ4n) is 3.59. The number of para-hydroxylation sites is 2. The first kappa shape index (κ1) is 23.1. The molecular weight excluding hydrogens is 462 g/mol. The molecule has 0 aliphatic carbocycles. The molecule has 0 bridgehead atoms. The molecule has 1 N–H and O–H groups in total. The first-order chi connectivity index (χ1) is 16.3. The number of methoxy groups -OCH3 is 1. The predicted molar refractivity (Wildman–Crippen MR) is 126 cm³/mol. The van der Waals surface area contributed by atoms with Gasteiger partial charge in [0.15, 0.2) is 6.10 Å². The molecule has 1 unspecified atom stereocenters. The molecule has 176 valence electrons. The Hall–Kier alpha value is -4.12. The molecule has 3 aromatic rings. The Balaban J connectivity index is 1.63. The van der Waals surface area contributed by atoms with Crippen LogP contribution in [0.15, 0.2) is 72.8 Å². The first-order valence-electron chi connectivity index (χ1n) is 10.2. The minimum atomic E-state index is -3.86. The van der Waals surface area contributed by atoms with Crippen molar-refractivity contribution in [3.63, 3.8) is 0 Å². The highest BCUT2D eigenvalue weighted by Gasteiger charge is 2.37. The molecule has 1 heterocycles. The normalized spacial score (nSPS) is 15.1. The van der Waals surface area contributed by atoms with E-state index in [-0.39, 0.29) is 35.2 Å². The number of nitro benzene ring substituents is 1. The van der Waals surface area contributed by atoms with E-state index < -0.39 is 27.0 Å². The predicted octanol–water partition coefficient (Wildman–Crippen LogP) is 3.34. The topological polar surface area (TPSA) is 128 Å². The number of nitro groups is 1. The molecule has 4 rings (SSSR count). The van der Waals surface area contributed by atoms with Gasteiger partial charge >= 0.3 is 0 Å². The summed E-state index contributed by atoms with van der Waals surface area (Å²) in [6, 6.07) is 19.0. The fraction of sp³-hybridized carbons (Fsp3) is 0.174. The summed E-state index contributed by atoms with van der Waals surface area (Å²) in [6.45, 7) is -0.269. The van der Waals surface area contributed by atoms with Crippen molar-refractivity contribution in [2.24, 2.45) is 0 Å². The summed E-state index contributed by atoms with van der Waals surface area (Å²) in [5, 5.41) is 13.7. The van der Waals surface area contributed by atoms with E-state index in [2.05, 4.69) is 5.32 Å². The van der Waals surface area contributed by atoms with Crippen molar-refractivity contribution >= 4 is 33.0 Å². The van der Waals surface area contributed by atoms with Crippen molar-refractivity contribution in [1.29, 1.82) is 0 Å². The van der Waals surface area contributed by atoms with Crippen LogP contribution < -0.4 is 19.1 Å². The molecule has 1 aliphatic heterocycles. The van der Waals surface area contributed by atoms with Crippen LogP contribution >= 0.6 is 0 Å². The van der Waals surface area contributed by atoms with Gasteiger partial charge in [0.25, 0.3) is 11.6 Å². The van der Waals surface area contributed by atoms with Crippen LogP contribution in [-0.4, -0.2) is 39.0 Å². The molecule has 0 radical (unpaired) electrons. The summed E-state index contributed by atoms with van der Waals surface area (Å²) in [4.78, 5) is 23.6. The lowest BCUT2D eigenvalue weighted by Gasteiger charge is -2.34. The molecule has 11 heteroatoms. The summed E-state index contributed by atoms with van der Waals surface area (Å²) in [7, 11) is -2.50. The molecule has 0 saturated heterocycles. The van der Waals surface area contributed by atoms with Crippen molar-refractivity contribution < 1.29 is 27.6 Å². The van der Waals surface area contributed by atoms with Crippen molar-refractivity contribution in [2.45, 2.75) is 11.9 Å². The Bertz CT molecular complexity index is 1330. The number of nitrogens with one attached hydrogen (secondary N) is 1. The molecule has 1 amide bonds. The number of fused-ring (bicyclic) bond motifs is 1. The lowest BCUT2D eigenvalue weighted by molar-refractivity contribution is -0.384. The average molecular weight is 484 g/mol. The quantitative estimate of drug-likeness (QED) is 0.403. The maximum atomic E-state index is 13.3. The average Bonchev–Trinajstić information content (AvgIpc) is 2.83. The summed E-state index contributed by atoms with van der Waals surface area (Å²) < 4.78 is 38.8. The van der Waals surface area contributed by atoms with Gasteiger partial charge in [-0.25, -0.2) is 8.42 Å². The van der Waals surface area contributed by atoms with Crippen molar-refractivity contribution in [3.05, 3.63) is 88.5 Å². The van der Waals surface area contributed by atoms with E-state index in [4.69, 9.17) is 9.47 Å². The highest BCUT2D eigenvalue weighted by molar-refractivity contribution is 7.92. The van der Waals surface area contributed by atoms with Crippen LogP contribution in [-0.2, 0) is 20.6 Å². The molecule has 0 aromatic heterocycles. The van der Waals surface area contributed by atoms with Gasteiger partial charge in [-0.15, -0.1) is 0 Å². The van der Waals surface area contributed by atoms with E-state index in [0.29, 0.717) is 11.3 Å². The molecule has 1 aliphatic rings. The van der Waals surface area contributed by atoms with E-state index in [1.165, 1.54) is 19.2 Å². The zero-order chi connectivity index (χ0) is 24.3. The van der Waals surface area contributed by atoms with E-state index in [9.17, 15) is 23.3 Å². The van der Waals surface area contributed by atoms with E-state index in [1.54, 1.807) is 54.6 Å². The number of carbonyl (C=O) groups is 1. The molecule has 10 nitrogen and oxygen atoms in total. The summed E-state index contributed by atoms with van der Waals surface area (Å²) >= 11 is 0. The monoisotopic (exact) mass is 483 g/mol. The highest BCUT2D eigenvalue weighted by atomic mass is 32.2. The molecule has 0 spiro atoms. The lowest BCUT2D eigenvalue weighted by Crippen LogP contribution is -2.49. The second-order valence-electron chi connectivity index (χ2n) is 7.48. The summed E-state index contributed by atoms with van der Waals surface area (Å²) in [5.41, 5.74) is 0.769. The number of rotatable bonds is 7. The SMILES string of the molecule is COc1ccc([N+](=O)[O-])cc1NC(=O)C1CN(S(=O)(=O)Cc2ccccc2)c2ccccc2O1. The largest absolute Gasteiger partial charge is 0.495 e. The fourth-order valence-corrected chi connectivity index (χ4v) is 5.17. The standard InChI is InChI=1S/C23H21N3O7S/c1-32-20-12-11-17(26(28)29)13-18(20)24-23(27)22-14-25(19-9-5-6-10-21(19)33-22)34(30,31)15-16-7-3-2-4-8-16/h2-13,22H,14-15H2,1H3,(H,24,27). The van der Waals surface area contributed by atoms with Gasteiger partial charge in [0.05, 0.1) is 35.7 Å². The van der Waals surface area contributed by atoms with E-state index in [0.717, 1.165) is 10.4 Å². The maximum Gasteiger partial charge on any atom is 0.271 e. The second-order valence-corrected chi connectivity index (χ2v) is 9.37. The van der Waals surface area contributed by atoms with Gasteiger partial charge in [-0.05, 0) is 23.8 Å². The minimum Gasteiger partial charge on any atom is -0.495 e. The lowest BCUT2D eigenvalue weighted by atomic mass is 10.2. The first-order valence-corrected chi connectivity index (χ1v) is 11.8. The number of benzene rings is 3. The van der Waals surface area contributed by atoms with Crippen LogP contribution in [0.25, 0.3) is 0 Å². The number of carbonyl (C=O) groups excluding carboxylic acids is 1. The third kappa shape index (κ3) is 4.79. The maximum absolute atomic E-state index is 13.3. The number of amides is 1.